The number of rotatable bonds is 6. The predicted octanol–water partition coefficient (Wildman–Crippen LogP) is 2.05. The van der Waals surface area contributed by atoms with Gasteiger partial charge in [0.15, 0.2) is 9.84 Å². The van der Waals surface area contributed by atoms with Gasteiger partial charge in [0.05, 0.1) is 5.25 Å². The average molecular weight is 309 g/mol. The van der Waals surface area contributed by atoms with E-state index in [-0.39, 0.29) is 5.41 Å². The second kappa shape index (κ2) is 5.79. The average Bonchev–Trinajstić information content (AvgIpc) is 3.26. The lowest BCUT2D eigenvalue weighted by atomic mass is 9.96. The molecule has 0 saturated heterocycles. The zero-order valence-corrected chi connectivity index (χ0v) is 13.6. The van der Waals surface area contributed by atoms with Crippen LogP contribution in [-0.2, 0) is 20.0 Å². The topological polar surface area (TPSA) is 63.2 Å². The summed E-state index contributed by atoms with van der Waals surface area (Å²) in [6.07, 6.45) is 2.06. The van der Waals surface area contributed by atoms with Crippen molar-refractivity contribution in [2.75, 3.05) is 6.54 Å². The number of hydrogen-bond acceptors (Lipinski definition) is 3. The Hall–Kier alpha value is -1.36. The van der Waals surface area contributed by atoms with Crippen molar-refractivity contribution < 1.29 is 13.2 Å². The molecule has 1 fully saturated rings. The minimum Gasteiger partial charge on any atom is -0.354 e. The van der Waals surface area contributed by atoms with Crippen LogP contribution in [0.1, 0.15) is 39.2 Å². The summed E-state index contributed by atoms with van der Waals surface area (Å²) in [5.74, 6) is -0.397. The van der Waals surface area contributed by atoms with Crippen molar-refractivity contribution in [3.8, 4) is 0 Å². The molecule has 1 saturated carbocycles. The summed E-state index contributed by atoms with van der Waals surface area (Å²) in [7, 11) is -3.40. The van der Waals surface area contributed by atoms with E-state index in [1.807, 2.05) is 18.2 Å². The molecule has 1 amide bonds. The van der Waals surface area contributed by atoms with E-state index in [4.69, 9.17) is 0 Å². The van der Waals surface area contributed by atoms with Gasteiger partial charge in [0, 0.05) is 12.0 Å². The molecular weight excluding hydrogens is 286 g/mol. The molecule has 4 nitrogen and oxygen atoms in total. The number of carbonyl (C=O) groups excluding carboxylic acids is 1. The quantitative estimate of drug-likeness (QED) is 0.874. The van der Waals surface area contributed by atoms with Crippen LogP contribution in [0.15, 0.2) is 30.3 Å². The third-order valence-corrected chi connectivity index (χ3v) is 6.87. The summed E-state index contributed by atoms with van der Waals surface area (Å²) in [6.45, 7) is 5.18. The maximum Gasteiger partial charge on any atom is 0.238 e. The molecule has 1 aromatic carbocycles. The summed E-state index contributed by atoms with van der Waals surface area (Å²) in [5, 5.41) is 1.29. The van der Waals surface area contributed by atoms with Gasteiger partial charge >= 0.3 is 0 Å². The molecule has 0 heterocycles. The van der Waals surface area contributed by atoms with Gasteiger partial charge in [-0.2, -0.15) is 0 Å². The van der Waals surface area contributed by atoms with E-state index in [0.717, 1.165) is 12.8 Å². The van der Waals surface area contributed by atoms with Crippen molar-refractivity contribution in [3.05, 3.63) is 35.9 Å². The Kier molecular flexibility index (Phi) is 4.42. The van der Waals surface area contributed by atoms with Crippen LogP contribution in [-0.4, -0.2) is 31.4 Å². The maximum atomic E-state index is 12.1. The first-order valence-corrected chi connectivity index (χ1v) is 8.96. The van der Waals surface area contributed by atoms with Gasteiger partial charge < -0.3 is 5.32 Å². The highest BCUT2D eigenvalue weighted by Crippen LogP contribution is 2.47. The molecule has 1 aromatic rings. The van der Waals surface area contributed by atoms with Crippen molar-refractivity contribution in [3.63, 3.8) is 0 Å². The predicted molar refractivity (Wildman–Crippen MR) is 83.9 cm³/mol. The Morgan fingerprint density at radius 3 is 2.24 bits per heavy atom. The van der Waals surface area contributed by atoms with Gasteiger partial charge in [-0.05, 0) is 39.2 Å². The third kappa shape index (κ3) is 3.28. The second-order valence-electron chi connectivity index (χ2n) is 6.14. The zero-order valence-electron chi connectivity index (χ0n) is 12.8. The van der Waals surface area contributed by atoms with Crippen LogP contribution in [0.4, 0.5) is 0 Å². The molecule has 0 aromatic heterocycles. The van der Waals surface area contributed by atoms with Gasteiger partial charge in [-0.1, -0.05) is 30.3 Å². The molecule has 1 aliphatic carbocycles. The van der Waals surface area contributed by atoms with Crippen LogP contribution in [0, 0.1) is 0 Å². The van der Waals surface area contributed by atoms with E-state index >= 15 is 0 Å². The van der Waals surface area contributed by atoms with Crippen molar-refractivity contribution >= 4 is 15.7 Å². The third-order valence-electron chi connectivity index (χ3n) is 4.36. The van der Waals surface area contributed by atoms with E-state index in [1.165, 1.54) is 12.5 Å². The monoisotopic (exact) mass is 309 g/mol. The highest BCUT2D eigenvalue weighted by molar-refractivity contribution is 7.93. The molecule has 2 rings (SSSR count). The van der Waals surface area contributed by atoms with Gasteiger partial charge in [-0.15, -0.1) is 0 Å². The van der Waals surface area contributed by atoms with Crippen molar-refractivity contribution in [1.82, 2.24) is 5.32 Å². The van der Waals surface area contributed by atoms with Crippen LogP contribution in [0.3, 0.4) is 0 Å². The molecule has 0 aliphatic heterocycles. The SMILES string of the molecule is CC(C)S(=O)(=O)[C@H](C)C(=O)NCC1(c2ccccc2)CC1. The number of nitrogens with one attached hydrogen (secondary N) is 1. The molecule has 21 heavy (non-hydrogen) atoms. The molecule has 5 heteroatoms. The molecule has 1 atom stereocenters. The van der Waals surface area contributed by atoms with Gasteiger partial charge in [-0.25, -0.2) is 8.42 Å². The fraction of sp³-hybridized carbons (Fsp3) is 0.562. The Morgan fingerprint density at radius 2 is 1.76 bits per heavy atom. The van der Waals surface area contributed by atoms with Crippen LogP contribution in [0.5, 0.6) is 0 Å². The molecule has 1 aliphatic rings. The minimum atomic E-state index is -3.40. The lowest BCUT2D eigenvalue weighted by Gasteiger charge is -2.20. The molecule has 116 valence electrons. The van der Waals surface area contributed by atoms with E-state index in [2.05, 4.69) is 17.4 Å². The summed E-state index contributed by atoms with van der Waals surface area (Å²) in [4.78, 5) is 12.1. The lowest BCUT2D eigenvalue weighted by molar-refractivity contribution is -0.120. The van der Waals surface area contributed by atoms with E-state index < -0.39 is 26.2 Å². The first kappa shape index (κ1) is 16.0. The number of hydrogen-bond donors (Lipinski definition) is 1. The number of benzene rings is 1. The summed E-state index contributed by atoms with van der Waals surface area (Å²) in [6, 6.07) is 10.1. The van der Waals surface area contributed by atoms with E-state index in [9.17, 15) is 13.2 Å². The molecule has 1 N–H and O–H groups in total. The highest BCUT2D eigenvalue weighted by atomic mass is 32.2. The summed E-state index contributed by atoms with van der Waals surface area (Å²) in [5.41, 5.74) is 1.21. The molecule has 0 radical (unpaired) electrons. The first-order chi connectivity index (χ1) is 9.79. The first-order valence-electron chi connectivity index (χ1n) is 7.35. The maximum absolute atomic E-state index is 12.1. The molecule has 0 spiro atoms. The van der Waals surface area contributed by atoms with Crippen LogP contribution in [0.2, 0.25) is 0 Å². The van der Waals surface area contributed by atoms with Crippen LogP contribution >= 0.6 is 0 Å². The fourth-order valence-corrected chi connectivity index (χ4v) is 3.67. The number of sulfone groups is 1. The van der Waals surface area contributed by atoms with Gasteiger partial charge in [-0.3, -0.25) is 4.79 Å². The van der Waals surface area contributed by atoms with Crippen molar-refractivity contribution in [2.45, 2.75) is 49.5 Å². The summed E-state index contributed by atoms with van der Waals surface area (Å²) < 4.78 is 24.0. The van der Waals surface area contributed by atoms with E-state index in [1.54, 1.807) is 13.8 Å². The molecule has 0 unspecified atom stereocenters. The Labute approximate surface area is 126 Å². The van der Waals surface area contributed by atoms with Gasteiger partial charge in [0.25, 0.3) is 0 Å². The van der Waals surface area contributed by atoms with Crippen molar-refractivity contribution in [2.24, 2.45) is 0 Å². The molecule has 0 bridgehead atoms. The Bertz CT molecular complexity index is 604. The minimum absolute atomic E-state index is 0.00175. The Morgan fingerprint density at radius 1 is 1.19 bits per heavy atom. The largest absolute Gasteiger partial charge is 0.354 e. The normalized spacial score (nSPS) is 18.3. The van der Waals surface area contributed by atoms with Crippen LogP contribution in [0.25, 0.3) is 0 Å². The van der Waals surface area contributed by atoms with E-state index in [0.29, 0.717) is 6.54 Å². The lowest BCUT2D eigenvalue weighted by Crippen LogP contribution is -2.43. The molecular formula is C16H23NO3S. The highest BCUT2D eigenvalue weighted by Gasteiger charge is 2.44. The summed E-state index contributed by atoms with van der Waals surface area (Å²) >= 11 is 0. The number of amides is 1. The van der Waals surface area contributed by atoms with Gasteiger partial charge in [0.2, 0.25) is 5.91 Å². The standard InChI is InChI=1S/C16H23NO3S/c1-12(2)21(19,20)13(3)15(18)17-11-16(9-10-16)14-7-5-4-6-8-14/h4-8,12-13H,9-11H2,1-3H3,(H,17,18)/t13-/m1/s1. The zero-order chi connectivity index (χ0) is 15.7. The van der Waals surface area contributed by atoms with Crippen molar-refractivity contribution in [1.29, 1.82) is 0 Å². The Balaban J connectivity index is 1.99. The number of carbonyl (C=O) groups is 1. The fourth-order valence-electron chi connectivity index (χ4n) is 2.47. The van der Waals surface area contributed by atoms with Gasteiger partial charge in [0.1, 0.15) is 5.25 Å². The second-order valence-corrected chi connectivity index (χ2v) is 8.97. The smallest absolute Gasteiger partial charge is 0.238 e. The van der Waals surface area contributed by atoms with Crippen LogP contribution < -0.4 is 5.32 Å².